The SMILES string of the molecule is CCC(CC)CNC(=O)Cn1cccc(NC(=O)C(CCC(=O)C(N)=O)NC(=O)c2cncn2C)c1=O. The van der Waals surface area contributed by atoms with Gasteiger partial charge in [0.15, 0.2) is 0 Å². The summed E-state index contributed by atoms with van der Waals surface area (Å²) in [5, 5.41) is 7.74. The van der Waals surface area contributed by atoms with Gasteiger partial charge in [-0.25, -0.2) is 4.98 Å². The van der Waals surface area contributed by atoms with Crippen LogP contribution in [0.25, 0.3) is 0 Å². The quantitative estimate of drug-likeness (QED) is 0.249. The molecule has 1 atom stereocenters. The van der Waals surface area contributed by atoms with Gasteiger partial charge in [-0.2, -0.15) is 0 Å². The van der Waals surface area contributed by atoms with Gasteiger partial charge in [0.1, 0.15) is 24.0 Å². The number of pyridine rings is 1. The van der Waals surface area contributed by atoms with Crippen LogP contribution in [0.5, 0.6) is 0 Å². The topological polar surface area (TPSA) is 187 Å². The Morgan fingerprint density at radius 3 is 2.43 bits per heavy atom. The molecule has 0 saturated heterocycles. The van der Waals surface area contributed by atoms with Crippen LogP contribution in [0.1, 0.15) is 50.0 Å². The first kappa shape index (κ1) is 28.9. The Morgan fingerprint density at radius 1 is 1.14 bits per heavy atom. The number of hydrogen-bond acceptors (Lipinski definition) is 7. The van der Waals surface area contributed by atoms with Crippen LogP contribution in [-0.4, -0.2) is 56.1 Å². The van der Waals surface area contributed by atoms with Crippen LogP contribution in [0.15, 0.2) is 35.6 Å². The van der Waals surface area contributed by atoms with Crippen LogP contribution in [0.4, 0.5) is 5.69 Å². The largest absolute Gasteiger partial charge is 0.363 e. The number of aryl methyl sites for hydroxylation is 1. The first-order valence-corrected chi connectivity index (χ1v) is 11.9. The highest BCUT2D eigenvalue weighted by Crippen LogP contribution is 2.08. The fraction of sp³-hybridized carbons (Fsp3) is 0.458. The van der Waals surface area contributed by atoms with Crippen molar-refractivity contribution in [2.24, 2.45) is 18.7 Å². The third kappa shape index (κ3) is 8.40. The fourth-order valence-corrected chi connectivity index (χ4v) is 3.50. The number of carbonyl (C=O) groups is 5. The minimum absolute atomic E-state index is 0.124. The van der Waals surface area contributed by atoms with Crippen LogP contribution in [0, 0.1) is 5.92 Å². The number of imidazole rings is 1. The molecule has 0 fully saturated rings. The highest BCUT2D eigenvalue weighted by atomic mass is 16.2. The Morgan fingerprint density at radius 2 is 1.84 bits per heavy atom. The molecule has 0 aliphatic carbocycles. The van der Waals surface area contributed by atoms with E-state index in [1.54, 1.807) is 7.05 Å². The van der Waals surface area contributed by atoms with E-state index in [1.807, 2.05) is 13.8 Å². The zero-order chi connectivity index (χ0) is 27.5. The van der Waals surface area contributed by atoms with Crippen LogP contribution >= 0.6 is 0 Å². The maximum absolute atomic E-state index is 13.0. The summed E-state index contributed by atoms with van der Waals surface area (Å²) in [6.45, 7) is 4.33. The molecule has 0 bridgehead atoms. The predicted molar refractivity (Wildman–Crippen MR) is 134 cm³/mol. The van der Waals surface area contributed by atoms with Crippen LogP contribution in [0.3, 0.4) is 0 Å². The smallest absolute Gasteiger partial charge is 0.284 e. The Balaban J connectivity index is 2.15. The van der Waals surface area contributed by atoms with E-state index in [2.05, 4.69) is 20.9 Å². The normalized spacial score (nSPS) is 11.6. The van der Waals surface area contributed by atoms with Crippen LogP contribution in [-0.2, 0) is 32.8 Å². The van der Waals surface area contributed by atoms with E-state index in [0.29, 0.717) is 12.5 Å². The number of aromatic nitrogens is 3. The van der Waals surface area contributed by atoms with E-state index in [4.69, 9.17) is 5.73 Å². The zero-order valence-corrected chi connectivity index (χ0v) is 21.2. The molecular formula is C24H33N7O6. The summed E-state index contributed by atoms with van der Waals surface area (Å²) in [6.07, 6.45) is 5.31. The third-order valence-electron chi connectivity index (χ3n) is 5.94. The fourth-order valence-electron chi connectivity index (χ4n) is 3.50. The molecule has 0 saturated carbocycles. The second kappa shape index (κ2) is 13.7. The molecular weight excluding hydrogens is 482 g/mol. The molecule has 13 heteroatoms. The number of carbonyl (C=O) groups excluding carboxylic acids is 5. The van der Waals surface area contributed by atoms with Gasteiger partial charge in [-0.3, -0.25) is 28.8 Å². The van der Waals surface area contributed by atoms with Crippen molar-refractivity contribution in [1.29, 1.82) is 0 Å². The lowest BCUT2D eigenvalue weighted by Gasteiger charge is -2.18. The van der Waals surface area contributed by atoms with Crippen molar-refractivity contribution >= 4 is 35.1 Å². The van der Waals surface area contributed by atoms with E-state index in [-0.39, 0.29) is 30.3 Å². The second-order valence-electron chi connectivity index (χ2n) is 8.57. The van der Waals surface area contributed by atoms with Crippen molar-refractivity contribution in [3.05, 3.63) is 46.9 Å². The van der Waals surface area contributed by atoms with E-state index in [9.17, 15) is 28.8 Å². The number of nitrogens with one attached hydrogen (secondary N) is 3. The molecule has 2 aromatic heterocycles. The summed E-state index contributed by atoms with van der Waals surface area (Å²) in [6, 6.07) is 1.57. The van der Waals surface area contributed by atoms with E-state index >= 15 is 0 Å². The molecule has 37 heavy (non-hydrogen) atoms. The summed E-state index contributed by atoms with van der Waals surface area (Å²) in [5.41, 5.74) is 4.39. The molecule has 4 amide bonds. The molecule has 200 valence electrons. The minimum atomic E-state index is -1.28. The lowest BCUT2D eigenvalue weighted by atomic mass is 10.0. The Hall–Kier alpha value is -4.29. The Labute approximate surface area is 213 Å². The number of amides is 4. The predicted octanol–water partition coefficient (Wildman–Crippen LogP) is -0.294. The average Bonchev–Trinajstić information content (AvgIpc) is 3.30. The second-order valence-corrected chi connectivity index (χ2v) is 8.57. The monoisotopic (exact) mass is 515 g/mol. The van der Waals surface area contributed by atoms with Crippen molar-refractivity contribution in [3.63, 3.8) is 0 Å². The molecule has 0 radical (unpaired) electrons. The van der Waals surface area contributed by atoms with Gasteiger partial charge in [0, 0.05) is 26.2 Å². The van der Waals surface area contributed by atoms with E-state index in [0.717, 1.165) is 17.4 Å². The molecule has 2 rings (SSSR count). The molecule has 0 spiro atoms. The van der Waals surface area contributed by atoms with Gasteiger partial charge in [-0.1, -0.05) is 26.7 Å². The molecule has 13 nitrogen and oxygen atoms in total. The summed E-state index contributed by atoms with van der Waals surface area (Å²) in [5.74, 6) is -3.51. The molecule has 0 aliphatic heterocycles. The van der Waals surface area contributed by atoms with E-state index in [1.165, 1.54) is 35.4 Å². The number of primary amides is 1. The van der Waals surface area contributed by atoms with Crippen LogP contribution in [0.2, 0.25) is 0 Å². The number of nitrogens with two attached hydrogens (primary N) is 1. The number of hydrogen-bond donors (Lipinski definition) is 4. The van der Waals surface area contributed by atoms with Gasteiger partial charge >= 0.3 is 0 Å². The number of rotatable bonds is 14. The van der Waals surface area contributed by atoms with Gasteiger partial charge < -0.3 is 30.8 Å². The summed E-state index contributed by atoms with van der Waals surface area (Å²) in [4.78, 5) is 77.5. The van der Waals surface area contributed by atoms with Crippen molar-refractivity contribution < 1.29 is 24.0 Å². The molecule has 1 unspecified atom stereocenters. The standard InChI is InChI=1S/C24H33N7O6/c1-4-15(5-2)11-27-20(33)13-31-10-6-7-17(24(31)37)29-22(35)16(8-9-19(32)21(25)34)28-23(36)18-12-26-14-30(18)3/h6-7,10,12,14-16H,4-5,8-9,11,13H2,1-3H3,(H2,25,34)(H,27,33)(H,28,36)(H,29,35). The van der Waals surface area contributed by atoms with Crippen molar-refractivity contribution in [2.45, 2.75) is 52.1 Å². The van der Waals surface area contributed by atoms with E-state index < -0.39 is 41.5 Å². The van der Waals surface area contributed by atoms with Gasteiger partial charge in [-0.05, 0) is 24.5 Å². The summed E-state index contributed by atoms with van der Waals surface area (Å²) < 4.78 is 2.58. The molecule has 5 N–H and O–H groups in total. The van der Waals surface area contributed by atoms with Gasteiger partial charge in [0.25, 0.3) is 17.4 Å². The number of anilines is 1. The van der Waals surface area contributed by atoms with Crippen molar-refractivity contribution in [1.82, 2.24) is 24.8 Å². The average molecular weight is 516 g/mol. The first-order valence-electron chi connectivity index (χ1n) is 11.9. The molecule has 0 aromatic carbocycles. The highest BCUT2D eigenvalue weighted by molar-refractivity contribution is 6.35. The lowest BCUT2D eigenvalue weighted by molar-refractivity contribution is -0.136. The number of ketones is 1. The molecule has 2 heterocycles. The Bertz CT molecular complexity index is 1200. The number of nitrogens with zero attached hydrogens (tertiary/aromatic N) is 3. The van der Waals surface area contributed by atoms with Crippen molar-refractivity contribution in [2.75, 3.05) is 11.9 Å². The molecule has 2 aromatic rings. The highest BCUT2D eigenvalue weighted by Gasteiger charge is 2.25. The summed E-state index contributed by atoms with van der Waals surface area (Å²) in [7, 11) is 1.58. The van der Waals surface area contributed by atoms with Gasteiger partial charge in [0.05, 0.1) is 12.5 Å². The number of Topliss-reactive ketones (excluding diaryl/α,β-unsaturated/α-hetero) is 1. The lowest BCUT2D eigenvalue weighted by Crippen LogP contribution is -2.45. The van der Waals surface area contributed by atoms with Crippen molar-refractivity contribution in [3.8, 4) is 0 Å². The first-order chi connectivity index (χ1) is 17.6. The minimum Gasteiger partial charge on any atom is -0.363 e. The van der Waals surface area contributed by atoms with Gasteiger partial charge in [0.2, 0.25) is 17.6 Å². The Kier molecular flexibility index (Phi) is 10.7. The zero-order valence-electron chi connectivity index (χ0n) is 21.2. The summed E-state index contributed by atoms with van der Waals surface area (Å²) >= 11 is 0. The third-order valence-corrected chi connectivity index (χ3v) is 5.94. The van der Waals surface area contributed by atoms with Crippen LogP contribution < -0.4 is 27.2 Å². The van der Waals surface area contributed by atoms with Gasteiger partial charge in [-0.15, -0.1) is 0 Å². The maximum Gasteiger partial charge on any atom is 0.284 e. The molecule has 0 aliphatic rings. The maximum atomic E-state index is 13.0.